The van der Waals surface area contributed by atoms with Gasteiger partial charge in [0.05, 0.1) is 12.8 Å². The van der Waals surface area contributed by atoms with Crippen LogP contribution in [0.1, 0.15) is 26.2 Å². The van der Waals surface area contributed by atoms with Crippen LogP contribution in [0.2, 0.25) is 0 Å². The Hall–Kier alpha value is -1.29. The van der Waals surface area contributed by atoms with Gasteiger partial charge in [-0.1, -0.05) is 13.3 Å². The number of hydrogen-bond donors (Lipinski definition) is 1. The first kappa shape index (κ1) is 14.1. The molecular weight excluding hydrogens is 243 g/mol. The maximum Gasteiger partial charge on any atom is 0.145 e. The monoisotopic (exact) mass is 266 g/mol. The van der Waals surface area contributed by atoms with Gasteiger partial charge in [0, 0.05) is 25.2 Å². The van der Waals surface area contributed by atoms with Crippen molar-refractivity contribution in [1.82, 2.24) is 5.32 Å². The van der Waals surface area contributed by atoms with Crippen LogP contribution in [-0.2, 0) is 0 Å². The minimum atomic E-state index is -0.251. The molecule has 0 amide bonds. The first-order chi connectivity index (χ1) is 9.24. The molecule has 1 unspecified atom stereocenters. The summed E-state index contributed by atoms with van der Waals surface area (Å²) in [4.78, 5) is 2.30. The number of rotatable bonds is 4. The molecule has 0 aromatic heterocycles. The lowest BCUT2D eigenvalue weighted by Crippen LogP contribution is -2.37. The van der Waals surface area contributed by atoms with Crippen LogP contribution in [0.5, 0.6) is 5.75 Å². The maximum atomic E-state index is 13.3. The summed E-state index contributed by atoms with van der Waals surface area (Å²) in [5.74, 6) is 0.371. The van der Waals surface area contributed by atoms with E-state index in [0.717, 1.165) is 31.7 Å². The first-order valence-corrected chi connectivity index (χ1v) is 7.06. The molecule has 1 aliphatic rings. The second-order valence-corrected chi connectivity index (χ2v) is 5.06. The molecule has 4 heteroatoms. The largest absolute Gasteiger partial charge is 0.494 e. The molecule has 0 spiro atoms. The van der Waals surface area contributed by atoms with E-state index in [-0.39, 0.29) is 5.82 Å². The molecule has 1 atom stereocenters. The van der Waals surface area contributed by atoms with Gasteiger partial charge >= 0.3 is 0 Å². The summed E-state index contributed by atoms with van der Waals surface area (Å²) < 4.78 is 18.6. The van der Waals surface area contributed by atoms with Crippen molar-refractivity contribution in [3.63, 3.8) is 0 Å². The molecular formula is C15H23FN2O. The third kappa shape index (κ3) is 3.60. The number of hydrogen-bond acceptors (Lipinski definition) is 3. The van der Waals surface area contributed by atoms with E-state index in [2.05, 4.69) is 17.1 Å². The van der Waals surface area contributed by atoms with Gasteiger partial charge < -0.3 is 15.0 Å². The molecule has 19 heavy (non-hydrogen) atoms. The highest BCUT2D eigenvalue weighted by Crippen LogP contribution is 2.30. The van der Waals surface area contributed by atoms with Gasteiger partial charge in [0.2, 0.25) is 0 Å². The average molecular weight is 266 g/mol. The number of nitrogens with zero attached hydrogens (tertiary/aromatic N) is 1. The van der Waals surface area contributed by atoms with Crippen molar-refractivity contribution in [2.24, 2.45) is 0 Å². The summed E-state index contributed by atoms with van der Waals surface area (Å²) in [6.07, 6.45) is 3.44. The molecule has 1 aromatic rings. The lowest BCUT2D eigenvalue weighted by molar-refractivity contribution is 0.410. The quantitative estimate of drug-likeness (QED) is 0.907. The maximum absolute atomic E-state index is 13.3. The van der Waals surface area contributed by atoms with Crippen LogP contribution >= 0.6 is 0 Å². The molecule has 3 nitrogen and oxygen atoms in total. The van der Waals surface area contributed by atoms with Crippen LogP contribution < -0.4 is 15.0 Å². The highest BCUT2D eigenvalue weighted by atomic mass is 19.1. The van der Waals surface area contributed by atoms with E-state index in [1.165, 1.54) is 25.0 Å². The molecule has 1 fully saturated rings. The van der Waals surface area contributed by atoms with Gasteiger partial charge in [-0.3, -0.25) is 0 Å². The molecule has 1 N–H and O–H groups in total. The molecule has 106 valence electrons. The van der Waals surface area contributed by atoms with Gasteiger partial charge in [0.15, 0.2) is 0 Å². The lowest BCUT2D eigenvalue weighted by atomic mass is 10.1. The fourth-order valence-corrected chi connectivity index (χ4v) is 2.67. The van der Waals surface area contributed by atoms with Crippen LogP contribution in [0, 0.1) is 5.82 Å². The van der Waals surface area contributed by atoms with E-state index in [1.807, 2.05) is 6.07 Å². The molecule has 0 radical (unpaired) electrons. The van der Waals surface area contributed by atoms with E-state index >= 15 is 0 Å². The van der Waals surface area contributed by atoms with Crippen LogP contribution in [0.4, 0.5) is 10.1 Å². The minimum absolute atomic E-state index is 0.251. The van der Waals surface area contributed by atoms with E-state index in [0.29, 0.717) is 11.8 Å². The number of methoxy groups -OCH3 is 1. The van der Waals surface area contributed by atoms with Crippen LogP contribution in [0.3, 0.4) is 0 Å². The predicted molar refractivity (Wildman–Crippen MR) is 76.5 cm³/mol. The van der Waals surface area contributed by atoms with Gasteiger partial charge in [-0.2, -0.15) is 0 Å². The van der Waals surface area contributed by atoms with Crippen molar-refractivity contribution in [2.75, 3.05) is 31.6 Å². The Kier molecular flexibility index (Phi) is 5.02. The highest BCUT2D eigenvalue weighted by Gasteiger charge is 2.19. The smallest absolute Gasteiger partial charge is 0.145 e. The summed E-state index contributed by atoms with van der Waals surface area (Å²) >= 11 is 0. The highest BCUT2D eigenvalue weighted by molar-refractivity contribution is 5.58. The van der Waals surface area contributed by atoms with Crippen molar-refractivity contribution >= 4 is 5.69 Å². The Balaban J connectivity index is 2.18. The summed E-state index contributed by atoms with van der Waals surface area (Å²) in [6.45, 7) is 5.19. The third-order valence-corrected chi connectivity index (χ3v) is 3.60. The zero-order valence-electron chi connectivity index (χ0n) is 11.8. The van der Waals surface area contributed by atoms with Crippen LogP contribution in [0.25, 0.3) is 0 Å². The lowest BCUT2D eigenvalue weighted by Gasteiger charge is -2.27. The predicted octanol–water partition coefficient (Wildman–Crippen LogP) is 2.80. The van der Waals surface area contributed by atoms with Crippen molar-refractivity contribution in [3.05, 3.63) is 24.0 Å². The number of halogens is 1. The topological polar surface area (TPSA) is 24.5 Å². The summed E-state index contributed by atoms with van der Waals surface area (Å²) in [6, 6.07) is 5.29. The Morgan fingerprint density at radius 1 is 1.47 bits per heavy atom. The Morgan fingerprint density at radius 3 is 3.05 bits per heavy atom. The number of anilines is 1. The van der Waals surface area contributed by atoms with Crippen molar-refractivity contribution < 1.29 is 9.13 Å². The van der Waals surface area contributed by atoms with E-state index in [1.54, 1.807) is 7.11 Å². The minimum Gasteiger partial charge on any atom is -0.494 e. The van der Waals surface area contributed by atoms with E-state index in [9.17, 15) is 4.39 Å². The molecule has 0 bridgehead atoms. The van der Waals surface area contributed by atoms with Crippen molar-refractivity contribution in [3.8, 4) is 5.75 Å². The first-order valence-electron chi connectivity index (χ1n) is 7.06. The van der Waals surface area contributed by atoms with Gasteiger partial charge in [-0.25, -0.2) is 4.39 Å². The molecule has 2 rings (SSSR count). The standard InChI is InChI=1S/C15H23FN2O/c1-3-5-13-11-18(9-4-8-17-13)14-7-6-12(16)10-15(14)19-2/h6-7,10,13,17H,3-5,8-9,11H2,1-2H3. The van der Waals surface area contributed by atoms with Gasteiger partial charge in [0.25, 0.3) is 0 Å². The second-order valence-electron chi connectivity index (χ2n) is 5.06. The zero-order chi connectivity index (χ0) is 13.7. The molecule has 1 aromatic carbocycles. The van der Waals surface area contributed by atoms with Crippen LogP contribution in [0.15, 0.2) is 18.2 Å². The Morgan fingerprint density at radius 2 is 2.32 bits per heavy atom. The van der Waals surface area contributed by atoms with Gasteiger partial charge in [-0.05, 0) is 31.5 Å². The molecule has 0 saturated carbocycles. The molecule has 1 aliphatic heterocycles. The summed E-state index contributed by atoms with van der Waals surface area (Å²) in [5.41, 5.74) is 0.994. The average Bonchev–Trinajstić information content (AvgIpc) is 2.64. The van der Waals surface area contributed by atoms with Crippen molar-refractivity contribution in [1.29, 1.82) is 0 Å². The fourth-order valence-electron chi connectivity index (χ4n) is 2.67. The van der Waals surface area contributed by atoms with Gasteiger partial charge in [-0.15, -0.1) is 0 Å². The molecule has 1 heterocycles. The summed E-state index contributed by atoms with van der Waals surface area (Å²) in [5, 5.41) is 3.57. The Labute approximate surface area is 114 Å². The zero-order valence-corrected chi connectivity index (χ0v) is 11.8. The Bertz CT molecular complexity index is 411. The van der Waals surface area contributed by atoms with E-state index < -0.39 is 0 Å². The molecule has 1 saturated heterocycles. The fraction of sp³-hybridized carbons (Fsp3) is 0.600. The summed E-state index contributed by atoms with van der Waals surface area (Å²) in [7, 11) is 1.60. The third-order valence-electron chi connectivity index (χ3n) is 3.60. The second kappa shape index (κ2) is 6.75. The van der Waals surface area contributed by atoms with Crippen LogP contribution in [-0.4, -0.2) is 32.8 Å². The van der Waals surface area contributed by atoms with Gasteiger partial charge in [0.1, 0.15) is 11.6 Å². The number of benzene rings is 1. The van der Waals surface area contributed by atoms with E-state index in [4.69, 9.17) is 4.74 Å². The SMILES string of the molecule is CCCC1CN(c2ccc(F)cc2OC)CCCN1. The number of nitrogens with one attached hydrogen (secondary N) is 1. The number of ether oxygens (including phenoxy) is 1. The normalized spacial score (nSPS) is 20.2. The van der Waals surface area contributed by atoms with Crippen molar-refractivity contribution in [2.45, 2.75) is 32.2 Å². The molecule has 0 aliphatic carbocycles.